The van der Waals surface area contributed by atoms with Gasteiger partial charge in [-0.1, -0.05) is 13.8 Å². The molecule has 0 aromatic heterocycles. The predicted octanol–water partition coefficient (Wildman–Crippen LogP) is 1.67. The van der Waals surface area contributed by atoms with Crippen LogP contribution in [0.1, 0.15) is 33.6 Å². The molecule has 3 nitrogen and oxygen atoms in total. The minimum atomic E-state index is -0.302. The highest BCUT2D eigenvalue weighted by molar-refractivity contribution is 5.80. The molecule has 3 heteroatoms. The molecule has 0 aromatic carbocycles. The summed E-state index contributed by atoms with van der Waals surface area (Å²) in [5.41, 5.74) is 0.265. The molecule has 1 atom stereocenters. The van der Waals surface area contributed by atoms with Gasteiger partial charge >= 0.3 is 0 Å². The van der Waals surface area contributed by atoms with Gasteiger partial charge in [-0.2, -0.15) is 0 Å². The van der Waals surface area contributed by atoms with Crippen LogP contribution in [-0.2, 0) is 9.53 Å². The highest BCUT2D eigenvalue weighted by Crippen LogP contribution is 2.28. The average molecular weight is 199 g/mol. The first kappa shape index (κ1) is 11.5. The summed E-state index contributed by atoms with van der Waals surface area (Å²) in [6.45, 7) is 7.98. The maximum Gasteiger partial charge on any atom is 0.251 e. The van der Waals surface area contributed by atoms with Crippen molar-refractivity contribution in [1.82, 2.24) is 4.90 Å². The van der Waals surface area contributed by atoms with Gasteiger partial charge in [0, 0.05) is 20.2 Å². The maximum absolute atomic E-state index is 11.8. The lowest BCUT2D eigenvalue weighted by Gasteiger charge is -2.38. The molecule has 1 heterocycles. The van der Waals surface area contributed by atoms with Crippen molar-refractivity contribution >= 4 is 5.91 Å². The van der Waals surface area contributed by atoms with E-state index in [0.29, 0.717) is 0 Å². The first-order valence-electron chi connectivity index (χ1n) is 5.28. The number of likely N-dealkylation sites (tertiary alicyclic amines) is 1. The molecule has 0 aromatic rings. The van der Waals surface area contributed by atoms with Gasteiger partial charge in [0.1, 0.15) is 6.10 Å². The molecule has 1 aliphatic heterocycles. The zero-order valence-electron chi connectivity index (χ0n) is 9.67. The lowest BCUT2D eigenvalue weighted by molar-refractivity contribution is -0.144. The van der Waals surface area contributed by atoms with Gasteiger partial charge in [-0.15, -0.1) is 0 Å². The van der Waals surface area contributed by atoms with Crippen molar-refractivity contribution in [3.8, 4) is 0 Å². The van der Waals surface area contributed by atoms with Gasteiger partial charge in [0.05, 0.1) is 0 Å². The van der Waals surface area contributed by atoms with Crippen LogP contribution < -0.4 is 0 Å². The van der Waals surface area contributed by atoms with Gasteiger partial charge in [-0.05, 0) is 25.2 Å². The standard InChI is InChI=1S/C11H21NO2/c1-9(14-4)10(13)12-7-5-6-11(2,3)8-12/h9H,5-8H2,1-4H3. The Morgan fingerprint density at radius 3 is 2.64 bits per heavy atom. The summed E-state index contributed by atoms with van der Waals surface area (Å²) < 4.78 is 5.04. The Morgan fingerprint density at radius 1 is 1.50 bits per heavy atom. The minimum absolute atomic E-state index is 0.125. The third-order valence-electron chi connectivity index (χ3n) is 2.91. The van der Waals surface area contributed by atoms with E-state index in [-0.39, 0.29) is 17.4 Å². The number of rotatable bonds is 2. The number of hydrogen-bond donors (Lipinski definition) is 0. The average Bonchev–Trinajstić information content (AvgIpc) is 2.14. The number of piperidine rings is 1. The third-order valence-corrected chi connectivity index (χ3v) is 2.91. The lowest BCUT2D eigenvalue weighted by atomic mass is 9.84. The maximum atomic E-state index is 11.8. The Bertz CT molecular complexity index is 213. The summed E-state index contributed by atoms with van der Waals surface area (Å²) >= 11 is 0. The van der Waals surface area contributed by atoms with E-state index < -0.39 is 0 Å². The second kappa shape index (κ2) is 4.30. The van der Waals surface area contributed by atoms with Crippen molar-refractivity contribution in [2.75, 3.05) is 20.2 Å². The molecule has 0 bridgehead atoms. The zero-order valence-corrected chi connectivity index (χ0v) is 9.67. The van der Waals surface area contributed by atoms with Crippen molar-refractivity contribution in [2.45, 2.75) is 39.7 Å². The molecular formula is C11H21NO2. The molecule has 1 amide bonds. The zero-order chi connectivity index (χ0) is 10.8. The largest absolute Gasteiger partial charge is 0.372 e. The molecule has 1 unspecified atom stereocenters. The van der Waals surface area contributed by atoms with Gasteiger partial charge in [-0.25, -0.2) is 0 Å². The van der Waals surface area contributed by atoms with Gasteiger partial charge < -0.3 is 9.64 Å². The van der Waals surface area contributed by atoms with Crippen LogP contribution in [-0.4, -0.2) is 37.1 Å². The van der Waals surface area contributed by atoms with Crippen LogP contribution in [0.25, 0.3) is 0 Å². The molecule has 0 radical (unpaired) electrons. The van der Waals surface area contributed by atoms with Crippen molar-refractivity contribution in [3.05, 3.63) is 0 Å². The van der Waals surface area contributed by atoms with Crippen LogP contribution in [0.2, 0.25) is 0 Å². The number of ether oxygens (including phenoxy) is 1. The van der Waals surface area contributed by atoms with E-state index in [2.05, 4.69) is 13.8 Å². The number of amides is 1. The van der Waals surface area contributed by atoms with E-state index in [9.17, 15) is 4.79 Å². The Morgan fingerprint density at radius 2 is 2.14 bits per heavy atom. The van der Waals surface area contributed by atoms with Crippen LogP contribution in [0.5, 0.6) is 0 Å². The molecule has 1 saturated heterocycles. The summed E-state index contributed by atoms with van der Waals surface area (Å²) in [5.74, 6) is 0.125. The fourth-order valence-electron chi connectivity index (χ4n) is 1.97. The van der Waals surface area contributed by atoms with E-state index in [1.165, 1.54) is 6.42 Å². The van der Waals surface area contributed by atoms with Crippen LogP contribution >= 0.6 is 0 Å². The Hall–Kier alpha value is -0.570. The van der Waals surface area contributed by atoms with Crippen LogP contribution in [0.15, 0.2) is 0 Å². The molecule has 1 aliphatic rings. The first-order chi connectivity index (χ1) is 6.46. The molecule has 0 spiro atoms. The third kappa shape index (κ3) is 2.71. The van der Waals surface area contributed by atoms with E-state index in [1.54, 1.807) is 7.11 Å². The summed E-state index contributed by atoms with van der Waals surface area (Å²) in [6, 6.07) is 0. The van der Waals surface area contributed by atoms with Crippen molar-refractivity contribution in [1.29, 1.82) is 0 Å². The first-order valence-corrected chi connectivity index (χ1v) is 5.28. The fourth-order valence-corrected chi connectivity index (χ4v) is 1.97. The number of methoxy groups -OCH3 is 1. The molecule has 82 valence electrons. The Kier molecular flexibility index (Phi) is 3.53. The summed E-state index contributed by atoms with van der Waals surface area (Å²) in [6.07, 6.45) is 2.01. The number of carbonyl (C=O) groups is 1. The van der Waals surface area contributed by atoms with Crippen LogP contribution in [0, 0.1) is 5.41 Å². The van der Waals surface area contributed by atoms with Gasteiger partial charge in [-0.3, -0.25) is 4.79 Å². The molecule has 0 N–H and O–H groups in total. The van der Waals surface area contributed by atoms with Crippen molar-refractivity contribution in [2.24, 2.45) is 5.41 Å². The predicted molar refractivity (Wildman–Crippen MR) is 56.1 cm³/mol. The molecule has 0 aliphatic carbocycles. The van der Waals surface area contributed by atoms with E-state index in [4.69, 9.17) is 4.74 Å². The summed E-state index contributed by atoms with van der Waals surface area (Å²) in [7, 11) is 1.58. The Balaban J connectivity index is 2.56. The molecule has 14 heavy (non-hydrogen) atoms. The van der Waals surface area contributed by atoms with Gasteiger partial charge in [0.2, 0.25) is 0 Å². The van der Waals surface area contributed by atoms with Crippen LogP contribution in [0.4, 0.5) is 0 Å². The van der Waals surface area contributed by atoms with Gasteiger partial charge in [0.25, 0.3) is 5.91 Å². The van der Waals surface area contributed by atoms with Crippen molar-refractivity contribution in [3.63, 3.8) is 0 Å². The molecule has 1 rings (SSSR count). The summed E-state index contributed by atoms with van der Waals surface area (Å²) in [4.78, 5) is 13.7. The topological polar surface area (TPSA) is 29.5 Å². The van der Waals surface area contributed by atoms with E-state index in [1.807, 2.05) is 11.8 Å². The fraction of sp³-hybridized carbons (Fsp3) is 0.909. The number of nitrogens with zero attached hydrogens (tertiary/aromatic N) is 1. The Labute approximate surface area is 86.4 Å². The van der Waals surface area contributed by atoms with E-state index >= 15 is 0 Å². The quantitative estimate of drug-likeness (QED) is 0.677. The molecule has 1 fully saturated rings. The smallest absolute Gasteiger partial charge is 0.251 e. The minimum Gasteiger partial charge on any atom is -0.372 e. The van der Waals surface area contributed by atoms with Crippen LogP contribution in [0.3, 0.4) is 0 Å². The molecule has 0 saturated carbocycles. The molecular weight excluding hydrogens is 178 g/mol. The monoisotopic (exact) mass is 199 g/mol. The number of carbonyl (C=O) groups excluding carboxylic acids is 1. The summed E-state index contributed by atoms with van der Waals surface area (Å²) in [5, 5.41) is 0. The van der Waals surface area contributed by atoms with E-state index in [0.717, 1.165) is 19.5 Å². The SMILES string of the molecule is COC(C)C(=O)N1CCCC(C)(C)C1. The van der Waals surface area contributed by atoms with Crippen molar-refractivity contribution < 1.29 is 9.53 Å². The second-order valence-corrected chi connectivity index (χ2v) is 4.91. The highest BCUT2D eigenvalue weighted by atomic mass is 16.5. The highest BCUT2D eigenvalue weighted by Gasteiger charge is 2.30. The second-order valence-electron chi connectivity index (χ2n) is 4.91. The number of hydrogen-bond acceptors (Lipinski definition) is 2. The lowest BCUT2D eigenvalue weighted by Crippen LogP contribution is -2.47. The van der Waals surface area contributed by atoms with Gasteiger partial charge in [0.15, 0.2) is 0 Å². The normalized spacial score (nSPS) is 23.3.